The highest BCUT2D eigenvalue weighted by molar-refractivity contribution is 5.37. The Hall–Kier alpha value is -2.19. The number of aliphatic hydroxyl groups is 8. The first-order chi connectivity index (χ1) is 21.3. The first-order valence-electron chi connectivity index (χ1n) is 14.4. The van der Waals surface area contributed by atoms with Gasteiger partial charge in [0, 0.05) is 5.92 Å². The summed E-state index contributed by atoms with van der Waals surface area (Å²) in [6.07, 6.45) is -15.4. The molecule has 0 saturated carbocycles. The molecule has 2 saturated heterocycles. The van der Waals surface area contributed by atoms with Gasteiger partial charge in [0.05, 0.1) is 18.8 Å². The molecule has 254 valence electrons. The Bertz CT molecular complexity index is 1170. The first kappa shape index (κ1) is 35.7. The van der Waals surface area contributed by atoms with Crippen LogP contribution >= 0.6 is 0 Å². The summed E-state index contributed by atoms with van der Waals surface area (Å²) in [5.41, 5.74) is -2.66. The van der Waals surface area contributed by atoms with E-state index in [2.05, 4.69) is 5.32 Å². The Kier molecular flexibility index (Phi) is 11.7. The Labute approximate surface area is 256 Å². The van der Waals surface area contributed by atoms with Crippen molar-refractivity contribution in [1.29, 1.82) is 0 Å². The lowest BCUT2D eigenvalue weighted by molar-refractivity contribution is -0.368. The fourth-order valence-electron chi connectivity index (χ4n) is 5.70. The van der Waals surface area contributed by atoms with Gasteiger partial charge in [-0.15, -0.1) is 0 Å². The van der Waals surface area contributed by atoms with Crippen molar-refractivity contribution in [2.75, 3.05) is 26.8 Å². The summed E-state index contributed by atoms with van der Waals surface area (Å²) in [4.78, 5) is 0. The van der Waals surface area contributed by atoms with E-state index in [0.717, 1.165) is 12.1 Å². The predicted molar refractivity (Wildman–Crippen MR) is 147 cm³/mol. The van der Waals surface area contributed by atoms with Crippen LogP contribution in [0.5, 0.6) is 5.75 Å². The molecule has 4 unspecified atom stereocenters. The number of hydrogen-bond acceptors (Lipinski definition) is 13. The van der Waals surface area contributed by atoms with Crippen LogP contribution in [-0.2, 0) is 20.4 Å². The van der Waals surface area contributed by atoms with Gasteiger partial charge in [-0.25, -0.2) is 0 Å². The molecule has 0 amide bonds. The molecular formula is C29H40F3NO12. The average Bonchev–Trinajstić information content (AvgIpc) is 3.03. The van der Waals surface area contributed by atoms with Crippen molar-refractivity contribution >= 4 is 0 Å². The van der Waals surface area contributed by atoms with Gasteiger partial charge >= 0.3 is 6.18 Å². The molecule has 0 spiro atoms. The van der Waals surface area contributed by atoms with Gasteiger partial charge < -0.3 is 65.1 Å². The van der Waals surface area contributed by atoms with Crippen molar-refractivity contribution in [2.45, 2.75) is 86.0 Å². The average molecular weight is 652 g/mol. The summed E-state index contributed by atoms with van der Waals surface area (Å²) in [6.45, 7) is -1.16. The van der Waals surface area contributed by atoms with Crippen molar-refractivity contribution in [1.82, 2.24) is 5.32 Å². The lowest BCUT2D eigenvalue weighted by atomic mass is 9.77. The van der Waals surface area contributed by atoms with Crippen LogP contribution in [0.1, 0.15) is 18.4 Å². The van der Waals surface area contributed by atoms with Gasteiger partial charge in [-0.1, -0.05) is 18.2 Å². The zero-order valence-corrected chi connectivity index (χ0v) is 24.3. The van der Waals surface area contributed by atoms with E-state index >= 15 is 0 Å². The summed E-state index contributed by atoms with van der Waals surface area (Å²) in [5, 5.41) is 85.8. The molecule has 1 aromatic carbocycles. The van der Waals surface area contributed by atoms with Gasteiger partial charge in [0.25, 0.3) is 0 Å². The molecule has 0 bridgehead atoms. The van der Waals surface area contributed by atoms with Gasteiger partial charge in [0.15, 0.2) is 12.6 Å². The number of ether oxygens (including phenoxy) is 4. The largest absolute Gasteiger partial charge is 0.490 e. The van der Waals surface area contributed by atoms with Gasteiger partial charge in [0.2, 0.25) is 0 Å². The quantitative estimate of drug-likeness (QED) is 0.134. The van der Waals surface area contributed by atoms with Crippen LogP contribution in [0, 0.1) is 5.92 Å². The van der Waals surface area contributed by atoms with E-state index < -0.39 is 92.0 Å². The summed E-state index contributed by atoms with van der Waals surface area (Å²) < 4.78 is 61.6. The maximum absolute atomic E-state index is 13.0. The monoisotopic (exact) mass is 651 g/mol. The van der Waals surface area contributed by atoms with Crippen LogP contribution < -0.4 is 10.1 Å². The standard InChI is InChI=1S/C29H40F3NO12/c1-33-11-10-18(42-17-8-6-16(7-9-17)29(30,31)32)14-2-4-15(5-3-14)28(13-35)25(40)21(37)23(39)27(45-28)44-24-19(12-34)43-26(41)22(38)20(24)36/h2,4-9,14,18-27,33-41H,3,10-13H2,1H3/t14?,18?,19-,20-,21-,22?,23-,24-,25-,26?,27-,28-/m1/s1. The topological polar surface area (TPSA) is 211 Å². The third-order valence-corrected chi connectivity index (χ3v) is 8.37. The normalized spacial score (nSPS) is 38.1. The molecule has 9 N–H and O–H groups in total. The lowest BCUT2D eigenvalue weighted by Gasteiger charge is -2.50. The number of hydrogen-bond donors (Lipinski definition) is 9. The third-order valence-electron chi connectivity index (χ3n) is 8.37. The third kappa shape index (κ3) is 7.53. The summed E-state index contributed by atoms with van der Waals surface area (Å²) in [6, 6.07) is 4.32. The molecule has 4 rings (SSSR count). The number of rotatable bonds is 11. The zero-order chi connectivity index (χ0) is 33.1. The maximum Gasteiger partial charge on any atom is 0.416 e. The fraction of sp³-hybridized carbons (Fsp3) is 0.655. The molecule has 13 nitrogen and oxygen atoms in total. The maximum atomic E-state index is 13.0. The number of halogens is 3. The van der Waals surface area contributed by atoms with Crippen LogP contribution in [0.2, 0.25) is 0 Å². The van der Waals surface area contributed by atoms with E-state index in [1.165, 1.54) is 18.2 Å². The molecule has 1 aromatic rings. The lowest BCUT2D eigenvalue weighted by Crippen LogP contribution is -2.69. The minimum absolute atomic E-state index is 0.199. The Morgan fingerprint density at radius 1 is 1.00 bits per heavy atom. The molecule has 45 heavy (non-hydrogen) atoms. The van der Waals surface area contributed by atoms with Crippen LogP contribution in [0.25, 0.3) is 0 Å². The van der Waals surface area contributed by atoms with E-state index in [1.807, 2.05) is 0 Å². The van der Waals surface area contributed by atoms with E-state index in [4.69, 9.17) is 18.9 Å². The highest BCUT2D eigenvalue weighted by Crippen LogP contribution is 2.41. The number of benzene rings is 1. The van der Waals surface area contributed by atoms with Crippen LogP contribution in [0.4, 0.5) is 13.2 Å². The predicted octanol–water partition coefficient (Wildman–Crippen LogP) is -1.45. The number of nitrogens with one attached hydrogen (secondary N) is 1. The second kappa shape index (κ2) is 14.7. The van der Waals surface area contributed by atoms with Crippen molar-refractivity contribution in [2.24, 2.45) is 5.92 Å². The van der Waals surface area contributed by atoms with E-state index in [0.29, 0.717) is 13.0 Å². The second-order valence-corrected chi connectivity index (χ2v) is 11.3. The minimum Gasteiger partial charge on any atom is -0.490 e. The summed E-state index contributed by atoms with van der Waals surface area (Å²) in [7, 11) is 1.74. The van der Waals surface area contributed by atoms with Gasteiger partial charge in [-0.3, -0.25) is 0 Å². The van der Waals surface area contributed by atoms with Crippen molar-refractivity contribution < 1.29 is 73.0 Å². The van der Waals surface area contributed by atoms with Crippen LogP contribution in [0.15, 0.2) is 48.1 Å². The molecule has 2 aliphatic heterocycles. The second-order valence-electron chi connectivity index (χ2n) is 11.3. The molecule has 3 aliphatic rings. The Morgan fingerprint density at radius 3 is 2.24 bits per heavy atom. The van der Waals surface area contributed by atoms with Gasteiger partial charge in [-0.2, -0.15) is 13.2 Å². The Balaban J connectivity index is 1.53. The molecule has 0 aromatic heterocycles. The first-order valence-corrected chi connectivity index (χ1v) is 14.4. The summed E-state index contributed by atoms with van der Waals surface area (Å²) >= 11 is 0. The molecule has 1 aliphatic carbocycles. The van der Waals surface area contributed by atoms with E-state index in [-0.39, 0.29) is 23.7 Å². The van der Waals surface area contributed by atoms with Crippen molar-refractivity contribution in [3.8, 4) is 5.75 Å². The van der Waals surface area contributed by atoms with Crippen LogP contribution in [0.3, 0.4) is 0 Å². The van der Waals surface area contributed by atoms with Gasteiger partial charge in [0.1, 0.15) is 60.2 Å². The Morgan fingerprint density at radius 2 is 1.69 bits per heavy atom. The van der Waals surface area contributed by atoms with E-state index in [9.17, 15) is 54.0 Å². The van der Waals surface area contributed by atoms with E-state index in [1.54, 1.807) is 19.2 Å². The van der Waals surface area contributed by atoms with Gasteiger partial charge in [-0.05, 0) is 56.3 Å². The summed E-state index contributed by atoms with van der Waals surface area (Å²) in [5.74, 6) is -0.0777. The molecule has 12 atom stereocenters. The molecule has 16 heteroatoms. The smallest absolute Gasteiger partial charge is 0.416 e. The number of aliphatic hydroxyl groups excluding tert-OH is 8. The molecular weight excluding hydrogens is 611 g/mol. The molecule has 2 heterocycles. The zero-order valence-electron chi connectivity index (χ0n) is 24.3. The van der Waals surface area contributed by atoms with Crippen molar-refractivity contribution in [3.63, 3.8) is 0 Å². The SMILES string of the molecule is CNCCC(Oc1ccc(C(F)(F)F)cc1)C1C=CC([C@@]2(CO)O[C@@H](O[C@H]3[C@H](O)C(O)C(O)O[C@@H]3CO)[C@H](O)[C@@H](O)[C@H]2O)=CC1. The minimum atomic E-state index is -4.49. The highest BCUT2D eigenvalue weighted by Gasteiger charge is 2.57. The molecule has 2 fully saturated rings. The van der Waals surface area contributed by atoms with Crippen molar-refractivity contribution in [3.05, 3.63) is 53.6 Å². The fourth-order valence-corrected chi connectivity index (χ4v) is 5.70. The molecule has 0 radical (unpaired) electrons. The van der Waals surface area contributed by atoms with Crippen LogP contribution in [-0.4, -0.2) is 135 Å². The highest BCUT2D eigenvalue weighted by atomic mass is 19.4. The number of allylic oxidation sites excluding steroid dienone is 1. The number of alkyl halides is 3.